The summed E-state index contributed by atoms with van der Waals surface area (Å²) in [4.78, 5) is 22.2. The SMILES string of the molecule is COc1ccc(CNc2ncnc3c(C)c(-c4ncc(N)cc4C)n(-c4ccc(Oc5nccc(C)n5)cc4F)c23)cc1. The first-order chi connectivity index (χ1) is 20.8. The Bertz CT molecular complexity index is 1960. The molecule has 4 aromatic heterocycles. The number of nitrogens with two attached hydrogens (primary N) is 1. The zero-order valence-corrected chi connectivity index (χ0v) is 24.1. The van der Waals surface area contributed by atoms with Gasteiger partial charge in [-0.15, -0.1) is 0 Å². The molecule has 0 spiro atoms. The van der Waals surface area contributed by atoms with E-state index in [1.807, 2.05) is 51.1 Å². The maximum Gasteiger partial charge on any atom is 0.322 e. The molecule has 10 nitrogen and oxygen atoms in total. The number of pyridine rings is 1. The van der Waals surface area contributed by atoms with Gasteiger partial charge in [-0.2, -0.15) is 0 Å². The lowest BCUT2D eigenvalue weighted by Crippen LogP contribution is -2.07. The molecule has 0 bridgehead atoms. The molecule has 0 atom stereocenters. The maximum absolute atomic E-state index is 16.1. The van der Waals surface area contributed by atoms with Gasteiger partial charge in [-0.25, -0.2) is 24.3 Å². The maximum atomic E-state index is 16.1. The predicted octanol–water partition coefficient (Wildman–Crippen LogP) is 6.33. The van der Waals surface area contributed by atoms with Crippen molar-refractivity contribution >= 4 is 22.5 Å². The number of rotatable bonds is 8. The van der Waals surface area contributed by atoms with E-state index in [1.165, 1.54) is 12.4 Å². The van der Waals surface area contributed by atoms with Crippen LogP contribution in [-0.4, -0.2) is 36.6 Å². The number of hydrogen-bond acceptors (Lipinski definition) is 9. The normalized spacial score (nSPS) is 11.1. The van der Waals surface area contributed by atoms with E-state index < -0.39 is 5.82 Å². The van der Waals surface area contributed by atoms with Gasteiger partial charge in [0.25, 0.3) is 0 Å². The van der Waals surface area contributed by atoms with E-state index >= 15 is 4.39 Å². The fourth-order valence-corrected chi connectivity index (χ4v) is 5.00. The molecule has 11 heteroatoms. The van der Waals surface area contributed by atoms with Crippen LogP contribution in [0.1, 0.15) is 22.4 Å². The van der Waals surface area contributed by atoms with Gasteiger partial charge in [0.1, 0.15) is 23.3 Å². The number of benzene rings is 2. The molecule has 0 saturated carbocycles. The van der Waals surface area contributed by atoms with Gasteiger partial charge in [-0.05, 0) is 68.3 Å². The third-order valence-corrected chi connectivity index (χ3v) is 7.06. The smallest absolute Gasteiger partial charge is 0.322 e. The number of fused-ring (bicyclic) bond motifs is 1. The molecule has 0 amide bonds. The zero-order valence-electron chi connectivity index (χ0n) is 24.1. The highest BCUT2D eigenvalue weighted by molar-refractivity contribution is 5.96. The fraction of sp³-hybridized carbons (Fsp3) is 0.156. The number of ether oxygens (including phenoxy) is 2. The lowest BCUT2D eigenvalue weighted by Gasteiger charge is -2.16. The quantitative estimate of drug-likeness (QED) is 0.214. The Morgan fingerprint density at radius 1 is 0.930 bits per heavy atom. The van der Waals surface area contributed by atoms with E-state index in [4.69, 9.17) is 15.2 Å². The Labute approximate surface area is 247 Å². The fourth-order valence-electron chi connectivity index (χ4n) is 5.00. The van der Waals surface area contributed by atoms with Crippen molar-refractivity contribution in [2.75, 3.05) is 18.2 Å². The van der Waals surface area contributed by atoms with Crippen molar-refractivity contribution in [3.63, 3.8) is 0 Å². The van der Waals surface area contributed by atoms with Gasteiger partial charge in [-0.1, -0.05) is 12.1 Å². The van der Waals surface area contributed by atoms with Crippen molar-refractivity contribution in [3.05, 3.63) is 102 Å². The van der Waals surface area contributed by atoms with Crippen LogP contribution in [0.25, 0.3) is 28.1 Å². The van der Waals surface area contributed by atoms with E-state index in [0.29, 0.717) is 40.5 Å². The van der Waals surface area contributed by atoms with E-state index in [0.717, 1.165) is 28.1 Å². The molecule has 4 heterocycles. The van der Waals surface area contributed by atoms with Crippen molar-refractivity contribution in [1.82, 2.24) is 29.5 Å². The number of methoxy groups -OCH3 is 1. The number of nitrogens with one attached hydrogen (secondary N) is 1. The molecule has 0 aliphatic heterocycles. The molecule has 2 aromatic carbocycles. The number of aryl methyl sites for hydroxylation is 3. The minimum Gasteiger partial charge on any atom is -0.497 e. The van der Waals surface area contributed by atoms with E-state index in [1.54, 1.807) is 42.3 Å². The van der Waals surface area contributed by atoms with Crippen molar-refractivity contribution in [3.8, 4) is 34.6 Å². The van der Waals surface area contributed by atoms with Crippen LogP contribution in [0, 0.1) is 26.6 Å². The molecule has 6 rings (SSSR count). The summed E-state index contributed by atoms with van der Waals surface area (Å²) in [7, 11) is 1.63. The summed E-state index contributed by atoms with van der Waals surface area (Å²) in [5.74, 6) is 1.04. The van der Waals surface area contributed by atoms with Gasteiger partial charge in [-0.3, -0.25) is 9.55 Å². The first kappa shape index (κ1) is 27.6. The molecule has 0 aliphatic rings. The second kappa shape index (κ2) is 11.4. The van der Waals surface area contributed by atoms with Crippen LogP contribution in [0.4, 0.5) is 15.9 Å². The largest absolute Gasteiger partial charge is 0.497 e. The van der Waals surface area contributed by atoms with Crippen molar-refractivity contribution in [2.45, 2.75) is 27.3 Å². The summed E-state index contributed by atoms with van der Waals surface area (Å²) in [5, 5.41) is 3.42. The van der Waals surface area contributed by atoms with E-state index in [2.05, 4.69) is 30.2 Å². The first-order valence-corrected chi connectivity index (χ1v) is 13.5. The van der Waals surface area contributed by atoms with Gasteiger partial charge >= 0.3 is 6.01 Å². The zero-order chi connectivity index (χ0) is 30.1. The number of anilines is 2. The van der Waals surface area contributed by atoms with Gasteiger partial charge < -0.3 is 20.5 Å². The third-order valence-electron chi connectivity index (χ3n) is 7.06. The Hall–Kier alpha value is -5.58. The minimum atomic E-state index is -0.527. The number of nitrogen functional groups attached to an aromatic ring is 1. The van der Waals surface area contributed by atoms with Crippen LogP contribution in [0.15, 0.2) is 73.3 Å². The molecule has 0 radical (unpaired) electrons. The summed E-state index contributed by atoms with van der Waals surface area (Å²) in [5.41, 5.74) is 12.8. The predicted molar refractivity (Wildman–Crippen MR) is 163 cm³/mol. The lowest BCUT2D eigenvalue weighted by molar-refractivity contribution is 0.414. The standard InChI is InChI=1S/C32H29FN8O2/c1-18-13-22(34)16-36-27(18)29-20(3)28-30(31(39-17-38-28)37-15-21-5-7-23(42-4)8-6-21)41(29)26-10-9-24(14-25(26)33)43-32-35-12-11-19(2)40-32/h5-14,16-17H,15,34H2,1-4H3,(H,37,38,39). The van der Waals surface area contributed by atoms with Gasteiger partial charge in [0.2, 0.25) is 0 Å². The molecular weight excluding hydrogens is 547 g/mol. The number of hydrogen-bond donors (Lipinski definition) is 2. The van der Waals surface area contributed by atoms with Crippen molar-refractivity contribution in [1.29, 1.82) is 0 Å². The van der Waals surface area contributed by atoms with Gasteiger partial charge in [0.05, 0.1) is 41.6 Å². The Balaban J connectivity index is 1.50. The highest BCUT2D eigenvalue weighted by atomic mass is 19.1. The Morgan fingerprint density at radius 3 is 2.44 bits per heavy atom. The topological polar surface area (TPSA) is 126 Å². The van der Waals surface area contributed by atoms with E-state index in [-0.39, 0.29) is 17.4 Å². The van der Waals surface area contributed by atoms with Crippen LogP contribution >= 0.6 is 0 Å². The number of aromatic nitrogens is 6. The Kier molecular flexibility index (Phi) is 7.29. The summed E-state index contributed by atoms with van der Waals surface area (Å²) in [6.45, 7) is 6.16. The molecular formula is C32H29FN8O2. The molecule has 0 unspecified atom stereocenters. The molecule has 0 aliphatic carbocycles. The van der Waals surface area contributed by atoms with Gasteiger partial charge in [0.15, 0.2) is 11.6 Å². The summed E-state index contributed by atoms with van der Waals surface area (Å²) >= 11 is 0. The second-order valence-electron chi connectivity index (χ2n) is 10.1. The molecule has 0 saturated heterocycles. The highest BCUT2D eigenvalue weighted by Gasteiger charge is 2.25. The van der Waals surface area contributed by atoms with Crippen LogP contribution < -0.4 is 20.5 Å². The minimum absolute atomic E-state index is 0.134. The molecule has 0 fully saturated rings. The van der Waals surface area contributed by atoms with Gasteiger partial charge in [0, 0.05) is 30.1 Å². The average molecular weight is 577 g/mol. The average Bonchev–Trinajstić information content (AvgIpc) is 3.28. The Morgan fingerprint density at radius 2 is 1.72 bits per heavy atom. The van der Waals surface area contributed by atoms with E-state index in [9.17, 15) is 0 Å². The summed E-state index contributed by atoms with van der Waals surface area (Å²) < 4.78 is 28.9. The monoisotopic (exact) mass is 576 g/mol. The first-order valence-electron chi connectivity index (χ1n) is 13.5. The molecule has 216 valence electrons. The van der Waals surface area contributed by atoms with Crippen LogP contribution in [0.2, 0.25) is 0 Å². The van der Waals surface area contributed by atoms with Crippen molar-refractivity contribution in [2.24, 2.45) is 0 Å². The molecule has 43 heavy (non-hydrogen) atoms. The van der Waals surface area contributed by atoms with Crippen molar-refractivity contribution < 1.29 is 13.9 Å². The highest BCUT2D eigenvalue weighted by Crippen LogP contribution is 2.39. The molecule has 6 aromatic rings. The van der Waals surface area contributed by atoms with Crippen LogP contribution in [0.3, 0.4) is 0 Å². The number of nitrogens with zero attached hydrogens (tertiary/aromatic N) is 6. The summed E-state index contributed by atoms with van der Waals surface area (Å²) in [6, 6.07) is 16.1. The lowest BCUT2D eigenvalue weighted by atomic mass is 10.1. The number of halogens is 1. The third kappa shape index (κ3) is 5.40. The molecule has 3 N–H and O–H groups in total. The second-order valence-corrected chi connectivity index (χ2v) is 10.1. The van der Waals surface area contributed by atoms with Crippen LogP contribution in [-0.2, 0) is 6.54 Å². The summed E-state index contributed by atoms with van der Waals surface area (Å²) in [6.07, 6.45) is 4.68. The van der Waals surface area contributed by atoms with Crippen LogP contribution in [0.5, 0.6) is 17.5 Å².